The SMILES string of the molecule is O=c1[nH]c2ccccc2c2c1C(c1ccc(F)cc1)c1c(ccc3ccccc13)N2. The number of para-hydroxylation sites is 1. The van der Waals surface area contributed by atoms with Gasteiger partial charge in [-0.15, -0.1) is 0 Å². The van der Waals surface area contributed by atoms with Crippen LogP contribution in [0.4, 0.5) is 15.8 Å². The Hall–Kier alpha value is -3.92. The van der Waals surface area contributed by atoms with Crippen LogP contribution in [0.3, 0.4) is 0 Å². The number of aromatic nitrogens is 1. The molecule has 1 aliphatic rings. The highest BCUT2D eigenvalue weighted by Crippen LogP contribution is 2.48. The number of hydrogen-bond acceptors (Lipinski definition) is 2. The van der Waals surface area contributed by atoms with Gasteiger partial charge in [-0.25, -0.2) is 4.39 Å². The summed E-state index contributed by atoms with van der Waals surface area (Å²) in [6.45, 7) is 0. The molecule has 1 atom stereocenters. The molecule has 0 fully saturated rings. The molecule has 2 heterocycles. The fraction of sp³-hybridized carbons (Fsp3) is 0.0385. The van der Waals surface area contributed by atoms with Crippen LogP contribution in [0.1, 0.15) is 22.6 Å². The van der Waals surface area contributed by atoms with E-state index in [1.807, 2.05) is 36.4 Å². The van der Waals surface area contributed by atoms with Crippen molar-refractivity contribution in [2.24, 2.45) is 0 Å². The van der Waals surface area contributed by atoms with Crippen molar-refractivity contribution in [3.63, 3.8) is 0 Å². The molecule has 30 heavy (non-hydrogen) atoms. The van der Waals surface area contributed by atoms with Crippen LogP contribution >= 0.6 is 0 Å². The lowest BCUT2D eigenvalue weighted by atomic mass is 9.79. The molecule has 0 saturated carbocycles. The molecule has 1 aliphatic heterocycles. The maximum atomic E-state index is 13.7. The number of anilines is 2. The number of nitrogens with one attached hydrogen (secondary N) is 2. The van der Waals surface area contributed by atoms with Gasteiger partial charge in [-0.05, 0) is 46.2 Å². The second-order valence-electron chi connectivity index (χ2n) is 7.65. The lowest BCUT2D eigenvalue weighted by Gasteiger charge is -2.31. The second kappa shape index (κ2) is 6.29. The van der Waals surface area contributed by atoms with Crippen molar-refractivity contribution in [3.8, 4) is 0 Å². The van der Waals surface area contributed by atoms with Gasteiger partial charge >= 0.3 is 0 Å². The number of aromatic amines is 1. The van der Waals surface area contributed by atoms with E-state index in [0.29, 0.717) is 5.56 Å². The zero-order chi connectivity index (χ0) is 20.2. The van der Waals surface area contributed by atoms with Crippen molar-refractivity contribution >= 4 is 33.1 Å². The molecule has 5 aromatic rings. The highest BCUT2D eigenvalue weighted by atomic mass is 19.1. The molecule has 144 valence electrons. The van der Waals surface area contributed by atoms with E-state index in [-0.39, 0.29) is 17.3 Å². The van der Waals surface area contributed by atoms with Crippen molar-refractivity contribution in [1.29, 1.82) is 0 Å². The Kier molecular flexibility index (Phi) is 3.56. The molecule has 0 radical (unpaired) electrons. The van der Waals surface area contributed by atoms with E-state index in [1.54, 1.807) is 12.1 Å². The predicted octanol–water partition coefficient (Wildman–Crippen LogP) is 6.06. The summed E-state index contributed by atoms with van der Waals surface area (Å²) in [6, 6.07) is 26.5. The minimum atomic E-state index is -0.309. The number of pyridine rings is 1. The first kappa shape index (κ1) is 17.0. The van der Waals surface area contributed by atoms with Crippen LogP contribution in [-0.4, -0.2) is 4.98 Å². The summed E-state index contributed by atoms with van der Waals surface area (Å²) < 4.78 is 13.7. The van der Waals surface area contributed by atoms with Crippen LogP contribution in [0.2, 0.25) is 0 Å². The van der Waals surface area contributed by atoms with E-state index in [0.717, 1.165) is 44.2 Å². The highest BCUT2D eigenvalue weighted by Gasteiger charge is 2.32. The number of halogens is 1. The van der Waals surface area contributed by atoms with Gasteiger partial charge in [-0.1, -0.05) is 60.7 Å². The summed E-state index contributed by atoms with van der Waals surface area (Å²) in [4.78, 5) is 16.3. The molecule has 4 aromatic carbocycles. The van der Waals surface area contributed by atoms with Gasteiger partial charge in [0.25, 0.3) is 5.56 Å². The van der Waals surface area contributed by atoms with Crippen LogP contribution in [0, 0.1) is 5.82 Å². The number of rotatable bonds is 1. The van der Waals surface area contributed by atoms with Gasteiger partial charge in [-0.2, -0.15) is 0 Å². The van der Waals surface area contributed by atoms with Gasteiger partial charge in [0, 0.05) is 17.0 Å². The van der Waals surface area contributed by atoms with Crippen LogP contribution in [-0.2, 0) is 0 Å². The maximum absolute atomic E-state index is 13.7. The summed E-state index contributed by atoms with van der Waals surface area (Å²) in [5.74, 6) is -0.602. The first-order chi connectivity index (χ1) is 14.7. The Morgan fingerprint density at radius 2 is 1.47 bits per heavy atom. The third-order valence-corrected chi connectivity index (χ3v) is 5.97. The summed E-state index contributed by atoms with van der Waals surface area (Å²) in [6.07, 6.45) is 0. The molecule has 2 N–H and O–H groups in total. The monoisotopic (exact) mass is 392 g/mol. The zero-order valence-electron chi connectivity index (χ0n) is 15.9. The minimum Gasteiger partial charge on any atom is -0.354 e. The predicted molar refractivity (Wildman–Crippen MR) is 119 cm³/mol. The molecule has 4 heteroatoms. The molecule has 0 spiro atoms. The Morgan fingerprint density at radius 1 is 0.733 bits per heavy atom. The number of benzene rings is 4. The Labute approximate surface area is 171 Å². The van der Waals surface area contributed by atoms with E-state index in [9.17, 15) is 9.18 Å². The van der Waals surface area contributed by atoms with Crippen LogP contribution in [0.5, 0.6) is 0 Å². The molecule has 3 nitrogen and oxygen atoms in total. The molecule has 6 rings (SSSR count). The minimum absolute atomic E-state index is 0.135. The van der Waals surface area contributed by atoms with Gasteiger partial charge in [0.1, 0.15) is 5.82 Å². The average Bonchev–Trinajstić information content (AvgIpc) is 2.78. The first-order valence-electron chi connectivity index (χ1n) is 9.90. The van der Waals surface area contributed by atoms with E-state index in [1.165, 1.54) is 12.1 Å². The molecule has 0 amide bonds. The molecule has 0 bridgehead atoms. The van der Waals surface area contributed by atoms with Crippen molar-refractivity contribution in [2.45, 2.75) is 5.92 Å². The highest BCUT2D eigenvalue weighted by molar-refractivity contribution is 6.01. The van der Waals surface area contributed by atoms with Gasteiger partial charge < -0.3 is 10.3 Å². The maximum Gasteiger partial charge on any atom is 0.254 e. The van der Waals surface area contributed by atoms with Crippen LogP contribution in [0.25, 0.3) is 21.7 Å². The lowest BCUT2D eigenvalue weighted by molar-refractivity contribution is 0.627. The smallest absolute Gasteiger partial charge is 0.254 e. The third-order valence-electron chi connectivity index (χ3n) is 5.97. The average molecular weight is 392 g/mol. The standard InChI is InChI=1S/C26H17FN2O/c27-17-12-9-16(10-13-17)22-23-18-6-2-1-5-15(18)11-14-21(23)28-25-19-7-3-4-8-20(19)29-26(30)24(22)25/h1-14,22,28H,(H,29,30). The molecule has 0 aliphatic carbocycles. The molecule has 0 saturated heterocycles. The fourth-order valence-electron chi connectivity index (χ4n) is 4.65. The number of fused-ring (bicyclic) bond motifs is 6. The largest absolute Gasteiger partial charge is 0.354 e. The molecule has 1 aromatic heterocycles. The summed E-state index contributed by atoms with van der Waals surface area (Å²) >= 11 is 0. The fourth-order valence-corrected chi connectivity index (χ4v) is 4.65. The summed E-state index contributed by atoms with van der Waals surface area (Å²) in [5, 5.41) is 6.67. The quantitative estimate of drug-likeness (QED) is 0.357. The van der Waals surface area contributed by atoms with Crippen LogP contribution < -0.4 is 10.9 Å². The van der Waals surface area contributed by atoms with E-state index < -0.39 is 0 Å². The van der Waals surface area contributed by atoms with Gasteiger partial charge in [0.2, 0.25) is 0 Å². The van der Waals surface area contributed by atoms with Crippen molar-refractivity contribution in [2.75, 3.05) is 5.32 Å². The zero-order valence-corrected chi connectivity index (χ0v) is 15.9. The first-order valence-corrected chi connectivity index (χ1v) is 9.90. The van der Waals surface area contributed by atoms with E-state index in [4.69, 9.17) is 0 Å². The van der Waals surface area contributed by atoms with Crippen molar-refractivity contribution in [1.82, 2.24) is 4.98 Å². The van der Waals surface area contributed by atoms with Crippen molar-refractivity contribution < 1.29 is 4.39 Å². The van der Waals surface area contributed by atoms with E-state index in [2.05, 4.69) is 34.6 Å². The van der Waals surface area contributed by atoms with Gasteiger partial charge in [-0.3, -0.25) is 4.79 Å². The molecular weight excluding hydrogens is 375 g/mol. The molecule has 1 unspecified atom stereocenters. The normalized spacial score (nSPS) is 14.9. The number of H-pyrrole nitrogens is 1. The topological polar surface area (TPSA) is 44.9 Å². The second-order valence-corrected chi connectivity index (χ2v) is 7.65. The third kappa shape index (κ3) is 2.40. The summed E-state index contributed by atoms with van der Waals surface area (Å²) in [5.41, 5.74) is 5.01. The van der Waals surface area contributed by atoms with Gasteiger partial charge in [0.15, 0.2) is 0 Å². The van der Waals surface area contributed by atoms with Crippen LogP contribution in [0.15, 0.2) is 89.7 Å². The van der Waals surface area contributed by atoms with Gasteiger partial charge in [0.05, 0.1) is 16.8 Å². The Morgan fingerprint density at radius 3 is 2.30 bits per heavy atom. The Bertz CT molecular complexity index is 1500. The number of hydrogen-bond donors (Lipinski definition) is 2. The van der Waals surface area contributed by atoms with Crippen molar-refractivity contribution in [3.05, 3.63) is 118 Å². The Balaban J connectivity index is 1.76. The van der Waals surface area contributed by atoms with E-state index >= 15 is 0 Å². The summed E-state index contributed by atoms with van der Waals surface area (Å²) in [7, 11) is 0. The lowest BCUT2D eigenvalue weighted by Crippen LogP contribution is -2.25. The molecular formula is C26H17FN2O.